The first kappa shape index (κ1) is 24.0. The standard InChI is InChI=1S/C22H23ClN4O3S2/c1-13(2)15-7-9-16(10-8-15)32(29,30)19-11-25-22(27-21(19)24)31-12-20(28)26-18-6-4-5-17(23)14(18)3/h4-11,13H,12H2,1-3H3,(H,26,28)(H2,24,25,27). The highest BCUT2D eigenvalue weighted by Crippen LogP contribution is 2.28. The lowest BCUT2D eigenvalue weighted by Gasteiger charge is -2.10. The van der Waals surface area contributed by atoms with Crippen LogP contribution < -0.4 is 11.1 Å². The van der Waals surface area contributed by atoms with Crippen molar-refractivity contribution in [2.24, 2.45) is 0 Å². The lowest BCUT2D eigenvalue weighted by atomic mass is 10.0. The summed E-state index contributed by atoms with van der Waals surface area (Å²) in [4.78, 5) is 20.4. The molecule has 0 aliphatic heterocycles. The molecule has 7 nitrogen and oxygen atoms in total. The summed E-state index contributed by atoms with van der Waals surface area (Å²) in [5, 5.41) is 3.54. The van der Waals surface area contributed by atoms with Crippen LogP contribution >= 0.6 is 23.4 Å². The predicted molar refractivity (Wildman–Crippen MR) is 128 cm³/mol. The van der Waals surface area contributed by atoms with Gasteiger partial charge in [0.25, 0.3) is 0 Å². The Labute approximate surface area is 196 Å². The minimum Gasteiger partial charge on any atom is -0.382 e. The van der Waals surface area contributed by atoms with Crippen LogP contribution in [0.3, 0.4) is 0 Å². The number of anilines is 2. The van der Waals surface area contributed by atoms with Crippen molar-refractivity contribution in [1.82, 2.24) is 9.97 Å². The average Bonchev–Trinajstić information content (AvgIpc) is 2.75. The number of sulfone groups is 1. The van der Waals surface area contributed by atoms with Gasteiger partial charge in [-0.05, 0) is 48.2 Å². The van der Waals surface area contributed by atoms with E-state index in [0.717, 1.165) is 22.9 Å². The van der Waals surface area contributed by atoms with Gasteiger partial charge in [0.2, 0.25) is 15.7 Å². The maximum Gasteiger partial charge on any atom is 0.234 e. The summed E-state index contributed by atoms with van der Waals surface area (Å²) in [6.07, 6.45) is 1.18. The molecule has 32 heavy (non-hydrogen) atoms. The molecule has 0 aliphatic carbocycles. The molecular formula is C22H23ClN4O3S2. The van der Waals surface area contributed by atoms with Crippen molar-refractivity contribution in [2.45, 2.75) is 41.6 Å². The lowest BCUT2D eigenvalue weighted by molar-refractivity contribution is -0.113. The molecule has 3 N–H and O–H groups in total. The Bertz CT molecular complexity index is 1250. The minimum atomic E-state index is -3.86. The first-order chi connectivity index (χ1) is 15.1. The van der Waals surface area contributed by atoms with Crippen molar-refractivity contribution >= 4 is 50.6 Å². The van der Waals surface area contributed by atoms with Crippen LogP contribution in [0, 0.1) is 6.92 Å². The van der Waals surface area contributed by atoms with Gasteiger partial charge < -0.3 is 11.1 Å². The van der Waals surface area contributed by atoms with Crippen molar-refractivity contribution in [2.75, 3.05) is 16.8 Å². The highest BCUT2D eigenvalue weighted by Gasteiger charge is 2.23. The van der Waals surface area contributed by atoms with E-state index in [1.807, 2.05) is 20.8 Å². The topological polar surface area (TPSA) is 115 Å². The number of amides is 1. The molecule has 0 saturated carbocycles. The molecule has 0 bridgehead atoms. The van der Waals surface area contributed by atoms with Crippen LogP contribution in [0.2, 0.25) is 5.02 Å². The average molecular weight is 491 g/mol. The van der Waals surface area contributed by atoms with Crippen molar-refractivity contribution in [3.05, 3.63) is 64.8 Å². The Kier molecular flexibility index (Phi) is 7.43. The van der Waals surface area contributed by atoms with E-state index < -0.39 is 9.84 Å². The lowest BCUT2D eigenvalue weighted by Crippen LogP contribution is -2.15. The number of nitrogens with two attached hydrogens (primary N) is 1. The number of hydrogen-bond donors (Lipinski definition) is 2. The Morgan fingerprint density at radius 2 is 1.88 bits per heavy atom. The quantitative estimate of drug-likeness (QED) is 0.364. The summed E-state index contributed by atoms with van der Waals surface area (Å²) < 4.78 is 25.9. The summed E-state index contributed by atoms with van der Waals surface area (Å²) >= 11 is 7.12. The first-order valence-electron chi connectivity index (χ1n) is 9.75. The molecule has 1 heterocycles. The van der Waals surface area contributed by atoms with Gasteiger partial charge in [-0.3, -0.25) is 4.79 Å². The monoisotopic (exact) mass is 490 g/mol. The summed E-state index contributed by atoms with van der Waals surface area (Å²) in [6, 6.07) is 11.9. The molecule has 1 amide bonds. The van der Waals surface area contributed by atoms with E-state index in [2.05, 4.69) is 15.3 Å². The van der Waals surface area contributed by atoms with Crippen molar-refractivity contribution in [3.63, 3.8) is 0 Å². The van der Waals surface area contributed by atoms with Crippen LogP contribution in [-0.2, 0) is 14.6 Å². The molecule has 168 valence electrons. The van der Waals surface area contributed by atoms with E-state index >= 15 is 0 Å². The Balaban J connectivity index is 1.70. The second kappa shape index (κ2) is 9.89. The van der Waals surface area contributed by atoms with Crippen LogP contribution in [0.5, 0.6) is 0 Å². The molecule has 3 aromatic rings. The number of nitrogen functional groups attached to an aromatic ring is 1. The number of aromatic nitrogens is 2. The maximum atomic E-state index is 12.9. The second-order valence-corrected chi connectivity index (χ2v) is 10.6. The summed E-state index contributed by atoms with van der Waals surface area (Å²) in [5.41, 5.74) is 8.35. The van der Waals surface area contributed by atoms with Crippen LogP contribution in [-0.4, -0.2) is 30.0 Å². The molecule has 10 heteroatoms. The third-order valence-electron chi connectivity index (χ3n) is 4.78. The number of nitrogens with zero attached hydrogens (tertiary/aromatic N) is 2. The SMILES string of the molecule is Cc1c(Cl)cccc1NC(=O)CSc1ncc(S(=O)(=O)c2ccc(C(C)C)cc2)c(N)n1. The zero-order chi connectivity index (χ0) is 23.5. The van der Waals surface area contributed by atoms with E-state index in [0.29, 0.717) is 10.7 Å². The van der Waals surface area contributed by atoms with Gasteiger partial charge in [-0.1, -0.05) is 55.4 Å². The fourth-order valence-corrected chi connectivity index (χ4v) is 4.92. The normalized spacial score (nSPS) is 11.5. The maximum absolute atomic E-state index is 12.9. The number of rotatable bonds is 7. The van der Waals surface area contributed by atoms with E-state index in [4.69, 9.17) is 17.3 Å². The van der Waals surface area contributed by atoms with E-state index in [9.17, 15) is 13.2 Å². The Hall–Kier alpha value is -2.62. The smallest absolute Gasteiger partial charge is 0.234 e. The molecule has 0 radical (unpaired) electrons. The van der Waals surface area contributed by atoms with Crippen molar-refractivity contribution in [1.29, 1.82) is 0 Å². The van der Waals surface area contributed by atoms with Gasteiger partial charge in [-0.15, -0.1) is 0 Å². The summed E-state index contributed by atoms with van der Waals surface area (Å²) in [6.45, 7) is 5.87. The van der Waals surface area contributed by atoms with Gasteiger partial charge in [-0.2, -0.15) is 0 Å². The first-order valence-corrected chi connectivity index (χ1v) is 12.6. The van der Waals surface area contributed by atoms with Crippen molar-refractivity contribution in [3.8, 4) is 0 Å². The second-order valence-electron chi connectivity index (χ2n) is 7.38. The van der Waals surface area contributed by atoms with Gasteiger partial charge in [0.05, 0.1) is 16.8 Å². The van der Waals surface area contributed by atoms with E-state index in [1.165, 1.54) is 6.20 Å². The molecule has 0 fully saturated rings. The van der Waals surface area contributed by atoms with E-state index in [-0.39, 0.29) is 38.3 Å². The van der Waals surface area contributed by atoms with E-state index in [1.54, 1.807) is 42.5 Å². The summed E-state index contributed by atoms with van der Waals surface area (Å²) in [7, 11) is -3.86. The third-order valence-corrected chi connectivity index (χ3v) is 7.84. The van der Waals surface area contributed by atoms with Crippen LogP contribution in [0.4, 0.5) is 11.5 Å². The van der Waals surface area contributed by atoms with Crippen LogP contribution in [0.1, 0.15) is 30.9 Å². The zero-order valence-corrected chi connectivity index (χ0v) is 20.2. The molecule has 0 aliphatic rings. The third kappa shape index (κ3) is 5.40. The Morgan fingerprint density at radius 3 is 2.50 bits per heavy atom. The minimum absolute atomic E-state index is 0.0220. The molecule has 0 unspecified atom stereocenters. The largest absolute Gasteiger partial charge is 0.382 e. The molecule has 0 atom stereocenters. The number of thioether (sulfide) groups is 1. The summed E-state index contributed by atoms with van der Waals surface area (Å²) in [5.74, 6) is -0.129. The van der Waals surface area contributed by atoms with Gasteiger partial charge in [0, 0.05) is 10.7 Å². The Morgan fingerprint density at radius 1 is 1.19 bits per heavy atom. The van der Waals surface area contributed by atoms with Crippen LogP contribution in [0.25, 0.3) is 0 Å². The molecule has 1 aromatic heterocycles. The molecule has 0 saturated heterocycles. The number of hydrogen-bond acceptors (Lipinski definition) is 7. The molecule has 2 aromatic carbocycles. The van der Waals surface area contributed by atoms with Crippen LogP contribution in [0.15, 0.2) is 63.6 Å². The van der Waals surface area contributed by atoms with Crippen molar-refractivity contribution < 1.29 is 13.2 Å². The van der Waals surface area contributed by atoms with Gasteiger partial charge in [0.1, 0.15) is 10.7 Å². The number of carbonyl (C=O) groups is 1. The fourth-order valence-electron chi connectivity index (χ4n) is 2.86. The van der Waals surface area contributed by atoms with Gasteiger partial charge in [-0.25, -0.2) is 18.4 Å². The number of halogens is 1. The predicted octanol–water partition coefficient (Wildman–Crippen LogP) is 4.71. The molecule has 0 spiro atoms. The number of nitrogens with one attached hydrogen (secondary N) is 1. The highest BCUT2D eigenvalue weighted by molar-refractivity contribution is 7.99. The molecular weight excluding hydrogens is 468 g/mol. The number of carbonyl (C=O) groups excluding carboxylic acids is 1. The van der Waals surface area contributed by atoms with Gasteiger partial charge in [0.15, 0.2) is 5.16 Å². The number of benzene rings is 2. The van der Waals surface area contributed by atoms with Gasteiger partial charge >= 0.3 is 0 Å². The fraction of sp³-hybridized carbons (Fsp3) is 0.227. The molecule has 3 rings (SSSR count). The zero-order valence-electron chi connectivity index (χ0n) is 17.8. The highest BCUT2D eigenvalue weighted by atomic mass is 35.5.